The Morgan fingerprint density at radius 2 is 1.72 bits per heavy atom. The second kappa shape index (κ2) is 7.47. The van der Waals surface area contributed by atoms with Gasteiger partial charge in [0.2, 0.25) is 5.91 Å². The number of aryl methyl sites for hydroxylation is 2. The number of ether oxygens (including phenoxy) is 2. The third-order valence-electron chi connectivity index (χ3n) is 4.25. The number of hydrogen-bond donors (Lipinski definition) is 2. The maximum absolute atomic E-state index is 12.5. The normalized spacial score (nSPS) is 14.4. The van der Waals surface area contributed by atoms with Gasteiger partial charge in [0.15, 0.2) is 11.5 Å². The summed E-state index contributed by atoms with van der Waals surface area (Å²) in [4.78, 5) is 12.5. The lowest BCUT2D eigenvalue weighted by Crippen LogP contribution is -2.32. The van der Waals surface area contributed by atoms with E-state index in [1.54, 1.807) is 0 Å². The molecule has 0 saturated heterocycles. The van der Waals surface area contributed by atoms with Gasteiger partial charge in [-0.1, -0.05) is 18.2 Å². The van der Waals surface area contributed by atoms with Gasteiger partial charge in [-0.05, 0) is 44.0 Å². The molecule has 5 heteroatoms. The summed E-state index contributed by atoms with van der Waals surface area (Å²) < 4.78 is 11.3. The highest BCUT2D eigenvalue weighted by Crippen LogP contribution is 2.32. The summed E-state index contributed by atoms with van der Waals surface area (Å²) in [5, 5.41) is 6.24. The first kappa shape index (κ1) is 17.1. The molecule has 1 amide bonds. The van der Waals surface area contributed by atoms with Gasteiger partial charge >= 0.3 is 0 Å². The van der Waals surface area contributed by atoms with Crippen molar-refractivity contribution in [2.45, 2.75) is 33.2 Å². The van der Waals surface area contributed by atoms with E-state index in [1.807, 2.05) is 57.2 Å². The second-order valence-electron chi connectivity index (χ2n) is 6.33. The molecule has 1 aliphatic heterocycles. The van der Waals surface area contributed by atoms with Gasteiger partial charge in [-0.15, -0.1) is 0 Å². The molecule has 0 aromatic heterocycles. The Hall–Kier alpha value is -2.69. The Balaban J connectivity index is 1.68. The number of anilines is 2. The zero-order chi connectivity index (χ0) is 17.8. The van der Waals surface area contributed by atoms with Crippen LogP contribution in [0.4, 0.5) is 11.4 Å². The molecule has 1 unspecified atom stereocenters. The zero-order valence-electron chi connectivity index (χ0n) is 14.9. The first-order valence-electron chi connectivity index (χ1n) is 8.58. The minimum Gasteiger partial charge on any atom is -0.490 e. The quantitative estimate of drug-likeness (QED) is 0.886. The minimum atomic E-state index is -0.385. The SMILES string of the molecule is Cc1cccc(C)c1NC(=O)C(C)Nc1ccc2c(c1)OCCCO2. The van der Waals surface area contributed by atoms with Crippen molar-refractivity contribution in [1.82, 2.24) is 0 Å². The Morgan fingerprint density at radius 3 is 2.44 bits per heavy atom. The van der Waals surface area contributed by atoms with Gasteiger partial charge in [0.1, 0.15) is 6.04 Å². The maximum Gasteiger partial charge on any atom is 0.246 e. The fraction of sp³-hybridized carbons (Fsp3) is 0.350. The van der Waals surface area contributed by atoms with Crippen LogP contribution >= 0.6 is 0 Å². The van der Waals surface area contributed by atoms with E-state index in [0.717, 1.165) is 34.7 Å². The van der Waals surface area contributed by atoms with E-state index in [0.29, 0.717) is 19.0 Å². The minimum absolute atomic E-state index is 0.0792. The molecule has 2 N–H and O–H groups in total. The Morgan fingerprint density at radius 1 is 1.04 bits per heavy atom. The fourth-order valence-electron chi connectivity index (χ4n) is 2.81. The number of rotatable bonds is 4. The number of nitrogens with one attached hydrogen (secondary N) is 2. The van der Waals surface area contributed by atoms with Crippen molar-refractivity contribution in [1.29, 1.82) is 0 Å². The van der Waals surface area contributed by atoms with Crippen molar-refractivity contribution in [2.24, 2.45) is 0 Å². The van der Waals surface area contributed by atoms with Gasteiger partial charge in [0, 0.05) is 23.9 Å². The lowest BCUT2D eigenvalue weighted by atomic mass is 10.1. The standard InChI is InChI=1S/C20H24N2O3/c1-13-6-4-7-14(2)19(13)22-20(23)15(3)21-16-8-9-17-18(12-16)25-11-5-10-24-17/h4,6-9,12,15,21H,5,10-11H2,1-3H3,(H,22,23). The third kappa shape index (κ3) is 4.05. The molecule has 1 aliphatic rings. The summed E-state index contributed by atoms with van der Waals surface area (Å²) in [7, 11) is 0. The molecule has 3 rings (SSSR count). The molecule has 2 aromatic carbocycles. The highest BCUT2D eigenvalue weighted by molar-refractivity contribution is 5.97. The molecule has 0 aliphatic carbocycles. The number of hydrogen-bond acceptors (Lipinski definition) is 4. The van der Waals surface area contributed by atoms with Crippen LogP contribution in [-0.4, -0.2) is 25.2 Å². The van der Waals surface area contributed by atoms with Gasteiger partial charge in [0.25, 0.3) is 0 Å². The molecule has 0 radical (unpaired) electrons. The second-order valence-corrected chi connectivity index (χ2v) is 6.33. The van der Waals surface area contributed by atoms with Gasteiger partial charge in [-0.2, -0.15) is 0 Å². The molecular formula is C20H24N2O3. The lowest BCUT2D eigenvalue weighted by Gasteiger charge is -2.18. The Kier molecular flexibility index (Phi) is 5.12. The number of fused-ring (bicyclic) bond motifs is 1. The fourth-order valence-corrected chi connectivity index (χ4v) is 2.81. The van der Waals surface area contributed by atoms with Crippen molar-refractivity contribution >= 4 is 17.3 Å². The monoisotopic (exact) mass is 340 g/mol. The van der Waals surface area contributed by atoms with E-state index in [1.165, 1.54) is 0 Å². The van der Waals surface area contributed by atoms with Crippen molar-refractivity contribution in [3.8, 4) is 11.5 Å². The predicted molar refractivity (Wildman–Crippen MR) is 99.7 cm³/mol. The Bertz CT molecular complexity index is 753. The van der Waals surface area contributed by atoms with Crippen LogP contribution in [0.3, 0.4) is 0 Å². The first-order valence-corrected chi connectivity index (χ1v) is 8.58. The van der Waals surface area contributed by atoms with Crippen molar-refractivity contribution in [2.75, 3.05) is 23.8 Å². The summed E-state index contributed by atoms with van der Waals surface area (Å²) in [6.07, 6.45) is 0.867. The zero-order valence-corrected chi connectivity index (χ0v) is 14.9. The molecule has 0 fully saturated rings. The molecule has 25 heavy (non-hydrogen) atoms. The number of carbonyl (C=O) groups is 1. The highest BCUT2D eigenvalue weighted by atomic mass is 16.5. The van der Waals surface area contributed by atoms with Crippen LogP contribution in [0.15, 0.2) is 36.4 Å². The van der Waals surface area contributed by atoms with Crippen LogP contribution in [0.2, 0.25) is 0 Å². The van der Waals surface area contributed by atoms with Gasteiger partial charge in [-0.3, -0.25) is 4.79 Å². The molecule has 0 spiro atoms. The molecule has 1 atom stereocenters. The van der Waals surface area contributed by atoms with Crippen LogP contribution in [0.1, 0.15) is 24.5 Å². The van der Waals surface area contributed by atoms with Crippen molar-refractivity contribution in [3.63, 3.8) is 0 Å². The average Bonchev–Trinajstić information content (AvgIpc) is 2.83. The number of para-hydroxylation sites is 1. The average molecular weight is 340 g/mol. The van der Waals surface area contributed by atoms with Gasteiger partial charge < -0.3 is 20.1 Å². The van der Waals surface area contributed by atoms with Crippen molar-refractivity contribution in [3.05, 3.63) is 47.5 Å². The molecule has 2 aromatic rings. The number of benzene rings is 2. The van der Waals surface area contributed by atoms with E-state index in [2.05, 4.69) is 10.6 Å². The largest absolute Gasteiger partial charge is 0.490 e. The number of amides is 1. The topological polar surface area (TPSA) is 59.6 Å². The van der Waals surface area contributed by atoms with Crippen LogP contribution in [0.25, 0.3) is 0 Å². The number of carbonyl (C=O) groups excluding carboxylic acids is 1. The molecule has 5 nitrogen and oxygen atoms in total. The predicted octanol–water partition coefficient (Wildman–Crippen LogP) is 3.90. The lowest BCUT2D eigenvalue weighted by molar-refractivity contribution is -0.116. The van der Waals surface area contributed by atoms with Gasteiger partial charge in [-0.25, -0.2) is 0 Å². The van der Waals surface area contributed by atoms with E-state index in [-0.39, 0.29) is 11.9 Å². The van der Waals surface area contributed by atoms with E-state index in [4.69, 9.17) is 9.47 Å². The van der Waals surface area contributed by atoms with Crippen LogP contribution < -0.4 is 20.1 Å². The molecular weight excluding hydrogens is 316 g/mol. The van der Waals surface area contributed by atoms with Crippen LogP contribution in [-0.2, 0) is 4.79 Å². The summed E-state index contributed by atoms with van der Waals surface area (Å²) in [5.74, 6) is 1.38. The van der Waals surface area contributed by atoms with Gasteiger partial charge in [0.05, 0.1) is 13.2 Å². The summed E-state index contributed by atoms with van der Waals surface area (Å²) in [6, 6.07) is 11.2. The molecule has 0 bridgehead atoms. The molecule has 1 heterocycles. The smallest absolute Gasteiger partial charge is 0.246 e. The third-order valence-corrected chi connectivity index (χ3v) is 4.25. The van der Waals surface area contributed by atoms with E-state index < -0.39 is 0 Å². The van der Waals surface area contributed by atoms with Crippen LogP contribution in [0, 0.1) is 13.8 Å². The summed E-state index contributed by atoms with van der Waals surface area (Å²) in [6.45, 7) is 7.12. The molecule has 0 saturated carbocycles. The highest BCUT2D eigenvalue weighted by Gasteiger charge is 2.16. The Labute approximate surface area is 148 Å². The summed E-state index contributed by atoms with van der Waals surface area (Å²) in [5.41, 5.74) is 3.81. The van der Waals surface area contributed by atoms with E-state index in [9.17, 15) is 4.79 Å². The maximum atomic E-state index is 12.5. The van der Waals surface area contributed by atoms with Crippen molar-refractivity contribution < 1.29 is 14.3 Å². The summed E-state index contributed by atoms with van der Waals surface area (Å²) >= 11 is 0. The first-order chi connectivity index (χ1) is 12.0. The molecule has 132 valence electrons. The van der Waals surface area contributed by atoms with E-state index >= 15 is 0 Å². The van der Waals surface area contributed by atoms with Crippen LogP contribution in [0.5, 0.6) is 11.5 Å².